The molecule has 0 bridgehead atoms. The van der Waals surface area contributed by atoms with Crippen molar-refractivity contribution in [2.45, 2.75) is 19.0 Å². The number of carboxylic acid groups (broad SMARTS) is 1. The van der Waals surface area contributed by atoms with E-state index in [-0.39, 0.29) is 11.6 Å². The van der Waals surface area contributed by atoms with Crippen LogP contribution in [0.2, 0.25) is 0 Å². The number of sulfonamides is 1. The standard InChI is InChI=1S/C28H26N4O6S2/c1-16-14-17(27(33)34)7-9-19(16)22-11-12-23(38-22)26-25(21-6-4-5-13-29-21)30-28(39)32(26)18-8-10-20(24(15-18)37-2)31-40(3,35)36/h4-15,25-26,31H,1-3H3,(H,30,39)(H,33,34)/t25-,26+/m1/s1. The van der Waals surface area contributed by atoms with Crippen LogP contribution in [0.25, 0.3) is 11.3 Å². The van der Waals surface area contributed by atoms with Gasteiger partial charge < -0.3 is 24.5 Å². The van der Waals surface area contributed by atoms with E-state index in [9.17, 15) is 18.3 Å². The summed E-state index contributed by atoms with van der Waals surface area (Å²) in [6, 6.07) is 18.4. The Kier molecular flexibility index (Phi) is 7.21. The highest BCUT2D eigenvalue weighted by Crippen LogP contribution is 2.44. The topological polar surface area (TPSA) is 134 Å². The van der Waals surface area contributed by atoms with Gasteiger partial charge in [0.1, 0.15) is 23.3 Å². The molecule has 3 N–H and O–H groups in total. The van der Waals surface area contributed by atoms with Crippen molar-refractivity contribution < 1.29 is 27.5 Å². The molecule has 1 saturated heterocycles. The van der Waals surface area contributed by atoms with Crippen LogP contribution < -0.4 is 19.7 Å². The number of aromatic nitrogens is 1. The van der Waals surface area contributed by atoms with Crippen molar-refractivity contribution in [3.8, 4) is 17.1 Å². The van der Waals surface area contributed by atoms with Gasteiger partial charge in [-0.25, -0.2) is 13.2 Å². The van der Waals surface area contributed by atoms with E-state index in [1.165, 1.54) is 7.11 Å². The van der Waals surface area contributed by atoms with Crippen LogP contribution in [0.3, 0.4) is 0 Å². The third-order valence-electron chi connectivity index (χ3n) is 6.51. The average molecular weight is 579 g/mol. The van der Waals surface area contributed by atoms with Crippen LogP contribution in [0.5, 0.6) is 5.75 Å². The molecule has 0 amide bonds. The van der Waals surface area contributed by atoms with Crippen LogP contribution in [0.1, 0.15) is 39.5 Å². The van der Waals surface area contributed by atoms with Crippen LogP contribution in [-0.2, 0) is 10.0 Å². The highest BCUT2D eigenvalue weighted by molar-refractivity contribution is 7.92. The van der Waals surface area contributed by atoms with Gasteiger partial charge in [-0.1, -0.05) is 12.1 Å². The second-order valence-electron chi connectivity index (χ2n) is 9.29. The fraction of sp³-hybridized carbons (Fsp3) is 0.179. The Morgan fingerprint density at radius 2 is 1.95 bits per heavy atom. The molecule has 0 spiro atoms. The number of hydrogen-bond donors (Lipinski definition) is 3. The first-order chi connectivity index (χ1) is 19.1. The number of thiocarbonyl (C=S) groups is 1. The fourth-order valence-corrected chi connectivity index (χ4v) is 5.68. The summed E-state index contributed by atoms with van der Waals surface area (Å²) in [5.41, 5.74) is 3.42. The molecule has 206 valence electrons. The number of hydrogen-bond acceptors (Lipinski definition) is 7. The lowest BCUT2D eigenvalue weighted by molar-refractivity contribution is 0.0696. The molecule has 0 aliphatic carbocycles. The Morgan fingerprint density at radius 3 is 2.60 bits per heavy atom. The number of anilines is 2. The molecule has 3 heterocycles. The minimum atomic E-state index is -3.52. The molecular weight excluding hydrogens is 552 g/mol. The molecule has 2 aromatic carbocycles. The molecule has 0 saturated carbocycles. The molecule has 0 unspecified atom stereocenters. The number of rotatable bonds is 8. The van der Waals surface area contributed by atoms with Gasteiger partial charge in [-0.15, -0.1) is 0 Å². The minimum absolute atomic E-state index is 0.197. The number of aromatic carboxylic acids is 1. The van der Waals surface area contributed by atoms with Crippen molar-refractivity contribution in [1.82, 2.24) is 10.3 Å². The number of ether oxygens (including phenoxy) is 1. The van der Waals surface area contributed by atoms with E-state index in [1.807, 2.05) is 42.2 Å². The van der Waals surface area contributed by atoms with E-state index in [1.54, 1.807) is 42.6 Å². The van der Waals surface area contributed by atoms with Gasteiger partial charge in [0.05, 0.1) is 36.4 Å². The highest BCUT2D eigenvalue weighted by Gasteiger charge is 2.43. The summed E-state index contributed by atoms with van der Waals surface area (Å²) in [6.07, 6.45) is 2.77. The van der Waals surface area contributed by atoms with Crippen molar-refractivity contribution in [2.75, 3.05) is 23.0 Å². The Morgan fingerprint density at radius 1 is 1.15 bits per heavy atom. The van der Waals surface area contributed by atoms with Crippen LogP contribution in [0, 0.1) is 6.92 Å². The molecule has 1 aliphatic rings. The number of nitrogens with zero attached hydrogens (tertiary/aromatic N) is 2. The summed E-state index contributed by atoms with van der Waals surface area (Å²) >= 11 is 5.77. The Hall–Kier alpha value is -4.42. The number of benzene rings is 2. The summed E-state index contributed by atoms with van der Waals surface area (Å²) in [6.45, 7) is 1.83. The van der Waals surface area contributed by atoms with Crippen LogP contribution in [0.15, 0.2) is 77.3 Å². The molecule has 1 fully saturated rings. The van der Waals surface area contributed by atoms with Gasteiger partial charge in [0.15, 0.2) is 5.11 Å². The Balaban J connectivity index is 1.59. The summed E-state index contributed by atoms with van der Waals surface area (Å²) in [5.74, 6) is 0.492. The van der Waals surface area contributed by atoms with Crippen LogP contribution in [-0.4, -0.2) is 43.0 Å². The number of pyridine rings is 1. The first-order valence-electron chi connectivity index (χ1n) is 12.2. The minimum Gasteiger partial charge on any atom is -0.494 e. The summed E-state index contributed by atoms with van der Waals surface area (Å²) in [4.78, 5) is 17.8. The maximum atomic E-state index is 11.8. The lowest BCUT2D eigenvalue weighted by atomic mass is 10.0. The Bertz CT molecular complexity index is 1700. The second kappa shape index (κ2) is 10.6. The van der Waals surface area contributed by atoms with Crippen LogP contribution in [0.4, 0.5) is 11.4 Å². The molecule has 1 aliphatic heterocycles. The van der Waals surface area contributed by atoms with Gasteiger partial charge in [0.2, 0.25) is 10.0 Å². The van der Waals surface area contributed by atoms with E-state index < -0.39 is 22.0 Å². The zero-order chi connectivity index (χ0) is 28.6. The molecule has 10 nitrogen and oxygen atoms in total. The Labute approximate surface area is 236 Å². The lowest BCUT2D eigenvalue weighted by Gasteiger charge is -2.27. The fourth-order valence-electron chi connectivity index (χ4n) is 4.77. The largest absolute Gasteiger partial charge is 0.494 e. The number of carbonyl (C=O) groups is 1. The molecular formula is C28H26N4O6S2. The van der Waals surface area contributed by atoms with Gasteiger partial charge in [0, 0.05) is 23.5 Å². The summed E-state index contributed by atoms with van der Waals surface area (Å²) in [5, 5.41) is 13.1. The normalized spacial score (nSPS) is 17.0. The molecule has 40 heavy (non-hydrogen) atoms. The smallest absolute Gasteiger partial charge is 0.335 e. The van der Waals surface area contributed by atoms with Gasteiger partial charge >= 0.3 is 5.97 Å². The predicted octanol–water partition coefficient (Wildman–Crippen LogP) is 4.91. The van der Waals surface area contributed by atoms with E-state index in [0.29, 0.717) is 33.8 Å². The second-order valence-corrected chi connectivity index (χ2v) is 11.4. The first kappa shape index (κ1) is 27.2. The lowest BCUT2D eigenvalue weighted by Crippen LogP contribution is -2.29. The quantitative estimate of drug-likeness (QED) is 0.248. The average Bonchev–Trinajstić information content (AvgIpc) is 3.53. The first-order valence-corrected chi connectivity index (χ1v) is 14.5. The van der Waals surface area contributed by atoms with Crippen molar-refractivity contribution in [3.63, 3.8) is 0 Å². The van der Waals surface area contributed by atoms with E-state index in [4.69, 9.17) is 21.4 Å². The number of aryl methyl sites for hydroxylation is 1. The number of nitrogens with one attached hydrogen (secondary N) is 2. The number of furan rings is 1. The SMILES string of the molecule is COc1cc(N2C(=S)N[C@H](c3ccccn3)[C@@H]2c2ccc(-c3ccc(C(=O)O)cc3C)o2)ccc1NS(C)(=O)=O. The van der Waals surface area contributed by atoms with Crippen molar-refractivity contribution in [2.24, 2.45) is 0 Å². The van der Waals surface area contributed by atoms with Crippen molar-refractivity contribution in [3.05, 3.63) is 95.5 Å². The zero-order valence-electron chi connectivity index (χ0n) is 21.8. The van der Waals surface area contributed by atoms with Gasteiger partial charge in [0.25, 0.3) is 0 Å². The molecule has 0 radical (unpaired) electrons. The molecule has 4 aromatic rings. The molecule has 12 heteroatoms. The monoisotopic (exact) mass is 578 g/mol. The van der Waals surface area contributed by atoms with Gasteiger partial charge in [-0.3, -0.25) is 9.71 Å². The highest BCUT2D eigenvalue weighted by atomic mass is 32.2. The number of carboxylic acids is 1. The number of methoxy groups -OCH3 is 1. The summed E-state index contributed by atoms with van der Waals surface area (Å²) < 4.78 is 38.0. The maximum absolute atomic E-state index is 11.8. The molecule has 2 atom stereocenters. The third-order valence-corrected chi connectivity index (χ3v) is 7.42. The maximum Gasteiger partial charge on any atom is 0.335 e. The molecule has 5 rings (SSSR count). The van der Waals surface area contributed by atoms with E-state index in [2.05, 4.69) is 15.0 Å². The molecule has 2 aromatic heterocycles. The summed E-state index contributed by atoms with van der Waals surface area (Å²) in [7, 11) is -2.07. The van der Waals surface area contributed by atoms with Crippen molar-refractivity contribution in [1.29, 1.82) is 0 Å². The third kappa shape index (κ3) is 5.36. The van der Waals surface area contributed by atoms with Gasteiger partial charge in [-0.2, -0.15) is 0 Å². The van der Waals surface area contributed by atoms with Crippen molar-refractivity contribution >= 4 is 44.7 Å². The van der Waals surface area contributed by atoms with Gasteiger partial charge in [-0.05, 0) is 73.2 Å². The zero-order valence-corrected chi connectivity index (χ0v) is 23.4. The predicted molar refractivity (Wildman–Crippen MR) is 155 cm³/mol. The van der Waals surface area contributed by atoms with E-state index in [0.717, 1.165) is 23.1 Å². The van der Waals surface area contributed by atoms with Crippen LogP contribution >= 0.6 is 12.2 Å². The van der Waals surface area contributed by atoms with E-state index >= 15 is 0 Å².